The molecule has 0 bridgehead atoms. The van der Waals surface area contributed by atoms with E-state index < -0.39 is 27.1 Å². The molecule has 66 heavy (non-hydrogen) atoms. The zero-order valence-electron chi connectivity index (χ0n) is 42.9. The molecule has 14 atom stereocenters. The second kappa shape index (κ2) is 20.4. The molecule has 6 aliphatic carbocycles. The fourth-order valence-electron chi connectivity index (χ4n) is 16.8. The van der Waals surface area contributed by atoms with Gasteiger partial charge in [0.15, 0.2) is 9.84 Å². The topological polar surface area (TPSA) is 150 Å². The van der Waals surface area contributed by atoms with Gasteiger partial charge in [-0.05, 0) is 129 Å². The first-order valence-electron chi connectivity index (χ1n) is 26.5. The van der Waals surface area contributed by atoms with Crippen molar-refractivity contribution in [3.8, 4) is 0 Å². The number of hydrogen-bond donors (Lipinski definition) is 2. The Morgan fingerprint density at radius 2 is 1.45 bits per heavy atom. The summed E-state index contributed by atoms with van der Waals surface area (Å²) in [6.45, 7) is 26.1. The molecule has 6 saturated carbocycles. The van der Waals surface area contributed by atoms with Gasteiger partial charge in [-0.15, -0.1) is 0 Å². The van der Waals surface area contributed by atoms with Gasteiger partial charge in [0.25, 0.3) is 0 Å². The number of sulfone groups is 1. The van der Waals surface area contributed by atoms with Gasteiger partial charge in [-0.1, -0.05) is 74.7 Å². The fraction of sp³-hybridized carbons (Fsp3) is 0.962. The first kappa shape index (κ1) is 52.5. The molecule has 0 aromatic carbocycles. The molecule has 13 heteroatoms. The molecule has 1 unspecified atom stereocenters. The number of rotatable bonds is 21. The molecular weight excluding hydrogens is 857 g/mol. The minimum Gasteiger partial charge on any atom is -0.481 e. The first-order chi connectivity index (χ1) is 31.1. The maximum atomic E-state index is 13.8. The standard InChI is InChI=1S/C53H92N2O10S/c1-11-12-13-37-16-21-53(54-35-41(55-24-32-66(59,60)33-25-55)36(2)64-31-30-63-29-28-62-27-26-61-10)23-22-51(8)38(45(37)53)14-15-43-50(7)19-18-44(49(5,6)42(50)17-20-52(43,51)9)65-47(58)40-34-39(46(56)57)48(40,3)4/h36-45,54H,11-35H2,1-10H3,(H,56,57)/t36-,37-,38-,39+,40-,41?,42+,43-,44+,45-,50+,51-,52-,53+/m1/s1. The monoisotopic (exact) mass is 949 g/mol. The average molecular weight is 949 g/mol. The second-order valence-corrected chi connectivity index (χ2v) is 26.8. The van der Waals surface area contributed by atoms with Crippen LogP contribution in [0.5, 0.6) is 0 Å². The Hall–Kier alpha value is -1.35. The third-order valence-corrected chi connectivity index (χ3v) is 22.6. The SMILES string of the molecule is CCCC[C@@H]1CC[C@]2(NCC([C@@H](C)OCCOCCOCCOC)N3CCS(=O)(=O)CC3)CC[C@]3(C)[C@H](CC[C@@H]4[C@@]5(C)CC[C@H](OC(=O)[C@H]6C[C@@H](C(=O)O)C6(C)C)C(C)(C)[C@@H]5CC[C@]43C)[C@@H]12. The van der Waals surface area contributed by atoms with E-state index in [2.05, 4.69) is 58.7 Å². The van der Waals surface area contributed by atoms with Crippen molar-refractivity contribution in [2.24, 2.45) is 68.5 Å². The van der Waals surface area contributed by atoms with Crippen molar-refractivity contribution in [2.75, 3.05) is 77.9 Å². The molecule has 0 radical (unpaired) electrons. The summed E-state index contributed by atoms with van der Waals surface area (Å²) < 4.78 is 54.7. The Balaban J connectivity index is 1.06. The number of carboxylic acids is 1. The lowest BCUT2D eigenvalue weighted by atomic mass is 9.32. The quantitative estimate of drug-likeness (QED) is 0.0840. The van der Waals surface area contributed by atoms with Crippen LogP contribution in [0.1, 0.15) is 152 Å². The first-order valence-corrected chi connectivity index (χ1v) is 28.3. The predicted molar refractivity (Wildman–Crippen MR) is 258 cm³/mol. The summed E-state index contributed by atoms with van der Waals surface area (Å²) in [5, 5.41) is 14.1. The zero-order chi connectivity index (χ0) is 47.9. The number of ether oxygens (including phenoxy) is 5. The van der Waals surface area contributed by atoms with E-state index in [0.717, 1.165) is 25.8 Å². The maximum Gasteiger partial charge on any atom is 0.309 e. The molecular formula is C53H92N2O10S. The largest absolute Gasteiger partial charge is 0.481 e. The number of esters is 1. The Bertz CT molecular complexity index is 1780. The van der Waals surface area contributed by atoms with E-state index in [9.17, 15) is 23.1 Å². The van der Waals surface area contributed by atoms with Gasteiger partial charge in [-0.2, -0.15) is 0 Å². The van der Waals surface area contributed by atoms with Crippen LogP contribution >= 0.6 is 0 Å². The number of carbonyl (C=O) groups excluding carboxylic acids is 1. The molecule has 0 spiro atoms. The van der Waals surface area contributed by atoms with Crippen molar-refractivity contribution in [1.82, 2.24) is 10.2 Å². The number of fused-ring (bicyclic) bond motifs is 7. The molecule has 0 aromatic rings. The number of unbranched alkanes of at least 4 members (excludes halogenated alkanes) is 1. The number of nitrogens with one attached hydrogen (secondary N) is 1. The van der Waals surface area contributed by atoms with Crippen LogP contribution in [0.15, 0.2) is 0 Å². The van der Waals surface area contributed by atoms with Gasteiger partial charge >= 0.3 is 11.9 Å². The van der Waals surface area contributed by atoms with Crippen LogP contribution in [-0.2, 0) is 43.1 Å². The summed E-state index contributed by atoms with van der Waals surface area (Å²) in [5.41, 5.74) is -0.147. The summed E-state index contributed by atoms with van der Waals surface area (Å²) in [6.07, 6.45) is 15.6. The minimum absolute atomic E-state index is 0.0546. The summed E-state index contributed by atoms with van der Waals surface area (Å²) >= 11 is 0. The molecule has 1 saturated heterocycles. The van der Waals surface area contributed by atoms with Crippen LogP contribution in [0.25, 0.3) is 0 Å². The number of aliphatic carboxylic acids is 1. The van der Waals surface area contributed by atoms with Gasteiger partial charge in [0, 0.05) is 43.7 Å². The molecule has 380 valence electrons. The number of nitrogens with zero attached hydrogens (tertiary/aromatic N) is 1. The molecule has 0 aromatic heterocycles. The van der Waals surface area contributed by atoms with E-state index in [4.69, 9.17) is 23.7 Å². The number of hydrogen-bond acceptors (Lipinski definition) is 11. The summed E-state index contributed by atoms with van der Waals surface area (Å²) in [6, 6.07) is 0.0546. The van der Waals surface area contributed by atoms with Gasteiger partial charge < -0.3 is 34.1 Å². The van der Waals surface area contributed by atoms with Gasteiger partial charge in [-0.25, -0.2) is 8.42 Å². The van der Waals surface area contributed by atoms with Gasteiger partial charge in [-0.3, -0.25) is 14.5 Å². The normalized spacial score (nSPS) is 41.0. The second-order valence-electron chi connectivity index (χ2n) is 24.5. The van der Waals surface area contributed by atoms with Crippen molar-refractivity contribution in [2.45, 2.75) is 176 Å². The van der Waals surface area contributed by atoms with Crippen LogP contribution in [-0.4, -0.2) is 132 Å². The average Bonchev–Trinajstić information content (AvgIpc) is 3.61. The Kier molecular flexibility index (Phi) is 16.2. The van der Waals surface area contributed by atoms with E-state index in [1.807, 2.05) is 13.8 Å². The third kappa shape index (κ3) is 9.70. The molecule has 12 nitrogen and oxygen atoms in total. The van der Waals surface area contributed by atoms with Crippen molar-refractivity contribution < 1.29 is 46.8 Å². The van der Waals surface area contributed by atoms with E-state index in [-0.39, 0.29) is 68.8 Å². The molecule has 7 fully saturated rings. The lowest BCUT2D eigenvalue weighted by Gasteiger charge is -2.73. The van der Waals surface area contributed by atoms with Crippen LogP contribution in [0, 0.1) is 68.5 Å². The van der Waals surface area contributed by atoms with Crippen LogP contribution in [0.4, 0.5) is 0 Å². The van der Waals surface area contributed by atoms with Gasteiger partial charge in [0.1, 0.15) is 6.10 Å². The number of methoxy groups -OCH3 is 1. The molecule has 7 rings (SSSR count). The highest BCUT2D eigenvalue weighted by Crippen LogP contribution is 2.76. The van der Waals surface area contributed by atoms with Crippen LogP contribution in [0.2, 0.25) is 0 Å². The molecule has 2 N–H and O–H groups in total. The lowest BCUT2D eigenvalue weighted by molar-refractivity contribution is -0.249. The molecule has 1 aliphatic heterocycles. The zero-order valence-corrected chi connectivity index (χ0v) is 43.7. The van der Waals surface area contributed by atoms with E-state index >= 15 is 0 Å². The predicted octanol–water partition coefficient (Wildman–Crippen LogP) is 8.44. The highest BCUT2D eigenvalue weighted by atomic mass is 32.2. The summed E-state index contributed by atoms with van der Waals surface area (Å²) in [7, 11) is -1.36. The molecule has 1 heterocycles. The molecule has 7 aliphatic rings. The van der Waals surface area contributed by atoms with Crippen molar-refractivity contribution >= 4 is 21.8 Å². The third-order valence-electron chi connectivity index (χ3n) is 21.0. The maximum absolute atomic E-state index is 13.8. The smallest absolute Gasteiger partial charge is 0.309 e. The van der Waals surface area contributed by atoms with Crippen molar-refractivity contribution in [3.63, 3.8) is 0 Å². The Morgan fingerprint density at radius 1 is 0.773 bits per heavy atom. The highest BCUT2D eigenvalue weighted by molar-refractivity contribution is 7.91. The Morgan fingerprint density at radius 3 is 2.11 bits per heavy atom. The van der Waals surface area contributed by atoms with Crippen molar-refractivity contribution in [3.05, 3.63) is 0 Å². The fourth-order valence-corrected chi connectivity index (χ4v) is 18.0. The van der Waals surface area contributed by atoms with Crippen LogP contribution < -0.4 is 5.32 Å². The Labute approximate surface area is 399 Å². The van der Waals surface area contributed by atoms with E-state index in [0.29, 0.717) is 88.7 Å². The van der Waals surface area contributed by atoms with Gasteiger partial charge in [0.05, 0.1) is 69.1 Å². The minimum atomic E-state index is -3.03. The highest BCUT2D eigenvalue weighted by Gasteiger charge is 2.71. The number of carboxylic acid groups (broad SMARTS) is 1. The van der Waals surface area contributed by atoms with Crippen LogP contribution in [0.3, 0.4) is 0 Å². The van der Waals surface area contributed by atoms with E-state index in [1.54, 1.807) is 7.11 Å². The van der Waals surface area contributed by atoms with Crippen molar-refractivity contribution in [1.29, 1.82) is 0 Å². The number of carbonyl (C=O) groups is 2. The summed E-state index contributed by atoms with van der Waals surface area (Å²) in [4.78, 5) is 28.0. The van der Waals surface area contributed by atoms with E-state index in [1.165, 1.54) is 64.2 Å². The van der Waals surface area contributed by atoms with Gasteiger partial charge in [0.2, 0.25) is 0 Å². The molecule has 0 amide bonds. The summed E-state index contributed by atoms with van der Waals surface area (Å²) in [5.74, 6) is 1.51. The lowest BCUT2D eigenvalue weighted by Crippen LogP contribution is -2.69.